The average molecular weight is 423 g/mol. The molecule has 0 amide bonds. The quantitative estimate of drug-likeness (QED) is 0.434. The van der Waals surface area contributed by atoms with E-state index in [4.69, 9.17) is 16.3 Å². The van der Waals surface area contributed by atoms with Crippen LogP contribution < -0.4 is 15.0 Å². The van der Waals surface area contributed by atoms with Gasteiger partial charge in [-0.05, 0) is 43.3 Å². The first-order valence-electron chi connectivity index (χ1n) is 9.74. The molecule has 0 saturated carbocycles. The van der Waals surface area contributed by atoms with Crippen molar-refractivity contribution in [2.75, 3.05) is 23.3 Å². The average Bonchev–Trinajstić information content (AvgIpc) is 3.17. The maximum absolute atomic E-state index is 13.8. The van der Waals surface area contributed by atoms with Crippen LogP contribution in [0.2, 0.25) is 5.02 Å². The van der Waals surface area contributed by atoms with Gasteiger partial charge in [0.05, 0.1) is 18.1 Å². The number of aromatic amines is 1. The number of hydrogen-bond acceptors (Lipinski definition) is 4. The van der Waals surface area contributed by atoms with Gasteiger partial charge in [0.25, 0.3) is 0 Å². The Morgan fingerprint density at radius 1 is 1.20 bits per heavy atom. The van der Waals surface area contributed by atoms with E-state index in [0.29, 0.717) is 23.9 Å². The van der Waals surface area contributed by atoms with E-state index in [-0.39, 0.29) is 11.9 Å². The van der Waals surface area contributed by atoms with E-state index < -0.39 is 0 Å². The van der Waals surface area contributed by atoms with E-state index in [0.717, 1.165) is 33.7 Å². The van der Waals surface area contributed by atoms with Crippen LogP contribution in [0.5, 0.6) is 5.75 Å². The maximum Gasteiger partial charge on any atom is 0.165 e. The van der Waals surface area contributed by atoms with Crippen molar-refractivity contribution in [2.45, 2.75) is 13.0 Å². The first-order valence-corrected chi connectivity index (χ1v) is 10.1. The molecule has 0 radical (unpaired) electrons. The molecule has 2 aromatic carbocycles. The summed E-state index contributed by atoms with van der Waals surface area (Å²) >= 11 is 6.39. The van der Waals surface area contributed by atoms with Crippen molar-refractivity contribution in [3.63, 3.8) is 0 Å². The topological polar surface area (TPSA) is 53.2 Å². The van der Waals surface area contributed by atoms with Gasteiger partial charge in [0.15, 0.2) is 11.6 Å². The van der Waals surface area contributed by atoms with Crippen LogP contribution in [0.4, 0.5) is 21.6 Å². The predicted octanol–water partition coefficient (Wildman–Crippen LogP) is 5.68. The van der Waals surface area contributed by atoms with Crippen molar-refractivity contribution >= 4 is 39.7 Å². The molecule has 5 nitrogen and oxygen atoms in total. The molecule has 0 unspecified atom stereocenters. The third-order valence-corrected chi connectivity index (χ3v) is 5.69. The van der Waals surface area contributed by atoms with Crippen LogP contribution in [-0.2, 0) is 0 Å². The van der Waals surface area contributed by atoms with E-state index in [9.17, 15) is 4.39 Å². The number of aromatic nitrogens is 2. The van der Waals surface area contributed by atoms with E-state index in [1.165, 1.54) is 6.07 Å². The number of fused-ring (bicyclic) bond motifs is 1. The van der Waals surface area contributed by atoms with Crippen LogP contribution in [-0.4, -0.2) is 29.2 Å². The summed E-state index contributed by atoms with van der Waals surface area (Å²) in [4.78, 5) is 9.89. The molecule has 0 spiro atoms. The zero-order valence-corrected chi connectivity index (χ0v) is 17.1. The van der Waals surface area contributed by atoms with Gasteiger partial charge in [-0.1, -0.05) is 23.7 Å². The second-order valence-electron chi connectivity index (χ2n) is 7.40. The lowest BCUT2D eigenvalue weighted by Gasteiger charge is -2.41. The van der Waals surface area contributed by atoms with Crippen LogP contribution in [0.1, 0.15) is 5.56 Å². The van der Waals surface area contributed by atoms with Gasteiger partial charge in [-0.25, -0.2) is 9.37 Å². The molecule has 30 heavy (non-hydrogen) atoms. The van der Waals surface area contributed by atoms with E-state index >= 15 is 0 Å². The SMILES string of the molecule is Cc1c(N2CC(Oc3ccccc3F)C2)ccnc1Nc1cc(Cl)c2cc[nH]c2c1. The Hall–Kier alpha value is -3.25. The van der Waals surface area contributed by atoms with Gasteiger partial charge in [-0.2, -0.15) is 0 Å². The summed E-state index contributed by atoms with van der Waals surface area (Å²) in [5.41, 5.74) is 3.94. The van der Waals surface area contributed by atoms with Crippen LogP contribution in [0.15, 0.2) is 60.9 Å². The largest absolute Gasteiger partial charge is 0.484 e. The Bertz CT molecular complexity index is 1220. The molecule has 0 atom stereocenters. The van der Waals surface area contributed by atoms with Gasteiger partial charge in [-0.3, -0.25) is 0 Å². The van der Waals surface area contributed by atoms with Gasteiger partial charge >= 0.3 is 0 Å². The van der Waals surface area contributed by atoms with Crippen LogP contribution in [0, 0.1) is 12.7 Å². The Kier molecular flexibility index (Phi) is 4.71. The highest BCUT2D eigenvalue weighted by Crippen LogP contribution is 2.33. The van der Waals surface area contributed by atoms with Crippen molar-refractivity contribution in [2.24, 2.45) is 0 Å². The summed E-state index contributed by atoms with van der Waals surface area (Å²) in [6.07, 6.45) is 3.61. The number of hydrogen-bond donors (Lipinski definition) is 2. The lowest BCUT2D eigenvalue weighted by atomic mass is 10.1. The zero-order chi connectivity index (χ0) is 20.7. The van der Waals surface area contributed by atoms with Gasteiger partial charge in [0.1, 0.15) is 11.9 Å². The molecule has 3 heterocycles. The molecule has 1 aliphatic rings. The number of pyridine rings is 1. The molecule has 1 aliphatic heterocycles. The van der Waals surface area contributed by atoms with Crippen molar-refractivity contribution in [1.29, 1.82) is 0 Å². The monoisotopic (exact) mass is 422 g/mol. The van der Waals surface area contributed by atoms with E-state index in [2.05, 4.69) is 20.2 Å². The summed E-state index contributed by atoms with van der Waals surface area (Å²) < 4.78 is 19.6. The van der Waals surface area contributed by atoms with Crippen molar-refractivity contribution in [1.82, 2.24) is 9.97 Å². The van der Waals surface area contributed by atoms with Crippen LogP contribution >= 0.6 is 11.6 Å². The molecule has 4 aromatic rings. The first kappa shape index (κ1) is 18.8. The smallest absolute Gasteiger partial charge is 0.165 e. The summed E-state index contributed by atoms with van der Waals surface area (Å²) in [5.74, 6) is 0.737. The molecule has 0 aliphatic carbocycles. The normalized spacial score (nSPS) is 14.0. The first-order chi connectivity index (χ1) is 14.6. The fourth-order valence-electron chi connectivity index (χ4n) is 3.75. The minimum atomic E-state index is -0.333. The minimum Gasteiger partial charge on any atom is -0.484 e. The Morgan fingerprint density at radius 2 is 2.03 bits per heavy atom. The van der Waals surface area contributed by atoms with Crippen molar-refractivity contribution < 1.29 is 9.13 Å². The molecule has 2 N–H and O–H groups in total. The second kappa shape index (κ2) is 7.54. The number of benzene rings is 2. The third kappa shape index (κ3) is 3.44. The highest BCUT2D eigenvalue weighted by molar-refractivity contribution is 6.35. The van der Waals surface area contributed by atoms with E-state index in [1.54, 1.807) is 24.4 Å². The highest BCUT2D eigenvalue weighted by atomic mass is 35.5. The number of anilines is 3. The number of H-pyrrole nitrogens is 1. The molecule has 7 heteroatoms. The van der Waals surface area contributed by atoms with Crippen LogP contribution in [0.3, 0.4) is 0 Å². The number of ether oxygens (including phenoxy) is 1. The number of nitrogens with one attached hydrogen (secondary N) is 2. The minimum absolute atomic E-state index is 0.0417. The molecular formula is C23H20ClFN4O. The van der Waals surface area contributed by atoms with Gasteiger partial charge in [-0.15, -0.1) is 0 Å². The Balaban J connectivity index is 1.31. The lowest BCUT2D eigenvalue weighted by Crippen LogP contribution is -2.54. The fourth-order valence-corrected chi connectivity index (χ4v) is 4.04. The van der Waals surface area contributed by atoms with Crippen LogP contribution in [0.25, 0.3) is 10.9 Å². The number of nitrogens with zero attached hydrogens (tertiary/aromatic N) is 2. The van der Waals surface area contributed by atoms with Gasteiger partial charge in [0.2, 0.25) is 0 Å². The molecule has 5 rings (SSSR count). The molecule has 1 saturated heterocycles. The lowest BCUT2D eigenvalue weighted by molar-refractivity contribution is 0.160. The predicted molar refractivity (Wildman–Crippen MR) is 119 cm³/mol. The molecule has 1 fully saturated rings. The Labute approximate surface area is 178 Å². The van der Waals surface area contributed by atoms with Gasteiger partial charge < -0.3 is 19.9 Å². The van der Waals surface area contributed by atoms with Gasteiger partial charge in [0, 0.05) is 40.2 Å². The summed E-state index contributed by atoms with van der Waals surface area (Å²) in [7, 11) is 0. The molecule has 152 valence electrons. The van der Waals surface area contributed by atoms with Crippen molar-refractivity contribution in [3.8, 4) is 5.75 Å². The zero-order valence-electron chi connectivity index (χ0n) is 16.3. The fraction of sp³-hybridized carbons (Fsp3) is 0.174. The maximum atomic E-state index is 13.8. The molecule has 0 bridgehead atoms. The second-order valence-corrected chi connectivity index (χ2v) is 7.81. The molecular weight excluding hydrogens is 403 g/mol. The summed E-state index contributed by atoms with van der Waals surface area (Å²) in [5, 5.41) is 5.04. The number of rotatable bonds is 5. The third-order valence-electron chi connectivity index (χ3n) is 5.38. The number of halogens is 2. The summed E-state index contributed by atoms with van der Waals surface area (Å²) in [6.45, 7) is 3.42. The van der Waals surface area contributed by atoms with Crippen molar-refractivity contribution in [3.05, 3.63) is 77.3 Å². The standard InChI is InChI=1S/C23H20ClFN4O/c1-14-21(29-12-16(13-29)30-22-5-3-2-4-19(22)25)7-9-27-23(14)28-15-10-18(24)17-6-8-26-20(17)11-15/h2-11,16,26H,12-13H2,1H3,(H,27,28). The molecule has 2 aromatic heterocycles. The summed E-state index contributed by atoms with van der Waals surface area (Å²) in [6, 6.07) is 14.3. The van der Waals surface area contributed by atoms with E-state index in [1.807, 2.05) is 37.4 Å². The number of para-hydroxylation sites is 1. The highest BCUT2D eigenvalue weighted by Gasteiger charge is 2.30. The Morgan fingerprint density at radius 3 is 2.87 bits per heavy atom.